The lowest BCUT2D eigenvalue weighted by molar-refractivity contribution is 0.0469. The van der Waals surface area contributed by atoms with Gasteiger partial charge in [-0.15, -0.1) is 0 Å². The van der Waals surface area contributed by atoms with Crippen LogP contribution in [0.3, 0.4) is 0 Å². The lowest BCUT2D eigenvalue weighted by atomic mass is 10.1. The minimum absolute atomic E-state index is 0.0321. The Morgan fingerprint density at radius 2 is 1.43 bits per heavy atom. The molecule has 2 aromatic rings. The molecule has 1 unspecified atom stereocenters. The summed E-state index contributed by atoms with van der Waals surface area (Å²) in [5.74, 6) is -0.631. The number of para-hydroxylation sites is 1. The number of nitrogens with zero attached hydrogens (tertiary/aromatic N) is 3. The maximum atomic E-state index is 12.4. The Labute approximate surface area is 165 Å². The molecule has 2 aliphatic rings. The van der Waals surface area contributed by atoms with E-state index in [9.17, 15) is 14.7 Å². The molecule has 0 aliphatic carbocycles. The number of benzene rings is 2. The van der Waals surface area contributed by atoms with Crippen LogP contribution in [0.15, 0.2) is 48.5 Å². The van der Waals surface area contributed by atoms with Gasteiger partial charge in [0.1, 0.15) is 0 Å². The van der Waals surface area contributed by atoms with E-state index >= 15 is 0 Å². The Balaban J connectivity index is 1.31. The number of amides is 2. The van der Waals surface area contributed by atoms with Crippen LogP contribution in [-0.2, 0) is 0 Å². The van der Waals surface area contributed by atoms with E-state index in [2.05, 4.69) is 34.9 Å². The summed E-state index contributed by atoms with van der Waals surface area (Å²) in [5, 5.41) is 10.5. The molecule has 146 valence electrons. The molecule has 2 aromatic carbocycles. The molecule has 28 heavy (non-hydrogen) atoms. The molecule has 1 fully saturated rings. The van der Waals surface area contributed by atoms with E-state index in [4.69, 9.17) is 0 Å². The van der Waals surface area contributed by atoms with Crippen LogP contribution in [0.2, 0.25) is 0 Å². The largest absolute Gasteiger partial charge is 0.390 e. The maximum Gasteiger partial charge on any atom is 0.261 e. The van der Waals surface area contributed by atoms with Crippen molar-refractivity contribution in [2.24, 2.45) is 0 Å². The number of aliphatic hydroxyl groups excluding tert-OH is 1. The normalized spacial score (nSPS) is 18.5. The zero-order chi connectivity index (χ0) is 19.7. The average Bonchev–Trinajstić information content (AvgIpc) is 2.94. The fraction of sp³-hybridized carbons (Fsp3) is 0.364. The van der Waals surface area contributed by atoms with Crippen molar-refractivity contribution in [3.05, 3.63) is 65.2 Å². The first-order valence-electron chi connectivity index (χ1n) is 9.71. The summed E-state index contributed by atoms with van der Waals surface area (Å²) in [5.41, 5.74) is 3.37. The topological polar surface area (TPSA) is 64.1 Å². The lowest BCUT2D eigenvalue weighted by Crippen LogP contribution is -2.50. The van der Waals surface area contributed by atoms with Crippen LogP contribution in [-0.4, -0.2) is 72.1 Å². The van der Waals surface area contributed by atoms with Crippen LogP contribution in [0.4, 0.5) is 5.69 Å². The summed E-state index contributed by atoms with van der Waals surface area (Å²) in [7, 11) is 0. The van der Waals surface area contributed by atoms with Gasteiger partial charge in [-0.1, -0.05) is 30.3 Å². The first-order chi connectivity index (χ1) is 13.5. The number of carbonyl (C=O) groups excluding carboxylic acids is 2. The molecule has 6 nitrogen and oxygen atoms in total. The molecule has 0 bridgehead atoms. The van der Waals surface area contributed by atoms with E-state index in [0.29, 0.717) is 17.7 Å². The number of anilines is 1. The first kappa shape index (κ1) is 18.7. The quantitative estimate of drug-likeness (QED) is 0.803. The van der Waals surface area contributed by atoms with Gasteiger partial charge < -0.3 is 10.0 Å². The van der Waals surface area contributed by atoms with E-state index in [1.54, 1.807) is 24.3 Å². The molecule has 1 atom stereocenters. The minimum atomic E-state index is -0.757. The van der Waals surface area contributed by atoms with Crippen LogP contribution in [0, 0.1) is 6.92 Å². The molecule has 0 aromatic heterocycles. The molecule has 4 rings (SSSR count). The van der Waals surface area contributed by atoms with Crippen molar-refractivity contribution in [2.75, 3.05) is 44.2 Å². The number of β-amino-alcohol motifs (C(OH)–C–C–N with tert-alkyl or cyclic N) is 1. The van der Waals surface area contributed by atoms with Gasteiger partial charge >= 0.3 is 0 Å². The van der Waals surface area contributed by atoms with E-state index in [1.807, 2.05) is 6.07 Å². The predicted molar refractivity (Wildman–Crippen MR) is 108 cm³/mol. The van der Waals surface area contributed by atoms with Gasteiger partial charge in [0.15, 0.2) is 0 Å². The van der Waals surface area contributed by atoms with E-state index in [0.717, 1.165) is 26.2 Å². The monoisotopic (exact) mass is 379 g/mol. The summed E-state index contributed by atoms with van der Waals surface area (Å²) >= 11 is 0. The van der Waals surface area contributed by atoms with Gasteiger partial charge in [0.25, 0.3) is 11.8 Å². The Kier molecular flexibility index (Phi) is 5.15. The zero-order valence-electron chi connectivity index (χ0n) is 16.0. The Morgan fingerprint density at radius 3 is 2.04 bits per heavy atom. The average molecular weight is 379 g/mol. The molecule has 0 spiro atoms. The fourth-order valence-electron chi connectivity index (χ4n) is 4.06. The van der Waals surface area contributed by atoms with Crippen LogP contribution in [0.5, 0.6) is 0 Å². The van der Waals surface area contributed by atoms with Crippen molar-refractivity contribution >= 4 is 17.5 Å². The molecule has 0 radical (unpaired) electrons. The van der Waals surface area contributed by atoms with Crippen molar-refractivity contribution < 1.29 is 14.7 Å². The van der Waals surface area contributed by atoms with Crippen molar-refractivity contribution in [2.45, 2.75) is 13.0 Å². The number of fused-ring (bicyclic) bond motifs is 1. The predicted octanol–water partition coefficient (Wildman–Crippen LogP) is 1.77. The first-order valence-corrected chi connectivity index (χ1v) is 9.71. The van der Waals surface area contributed by atoms with E-state index < -0.39 is 6.10 Å². The van der Waals surface area contributed by atoms with Crippen LogP contribution in [0.25, 0.3) is 0 Å². The third-order valence-electron chi connectivity index (χ3n) is 5.57. The SMILES string of the molecule is Cc1ccccc1N1CCN(CC(O)CN2C(=O)c3ccccc3C2=O)CC1. The Bertz CT molecular complexity index is 855. The molecule has 1 N–H and O–H groups in total. The lowest BCUT2D eigenvalue weighted by Gasteiger charge is -2.37. The number of aliphatic hydroxyl groups is 1. The third-order valence-corrected chi connectivity index (χ3v) is 5.57. The molecule has 0 saturated carbocycles. The van der Waals surface area contributed by atoms with Crippen LogP contribution >= 0.6 is 0 Å². The number of imide groups is 1. The molecular weight excluding hydrogens is 354 g/mol. The fourth-order valence-corrected chi connectivity index (χ4v) is 4.06. The molecule has 2 heterocycles. The second-order valence-electron chi connectivity index (χ2n) is 7.49. The van der Waals surface area contributed by atoms with Gasteiger partial charge in [-0.3, -0.25) is 19.4 Å². The Morgan fingerprint density at radius 1 is 0.857 bits per heavy atom. The number of rotatable bonds is 5. The standard InChI is InChI=1S/C22H25N3O3/c1-16-6-2-5-9-20(16)24-12-10-23(11-13-24)14-17(26)15-25-21(27)18-7-3-4-8-19(18)22(25)28/h2-9,17,26H,10-15H2,1H3. The van der Waals surface area contributed by atoms with Gasteiger partial charge in [0, 0.05) is 38.4 Å². The van der Waals surface area contributed by atoms with E-state index in [1.165, 1.54) is 16.2 Å². The van der Waals surface area contributed by atoms with Crippen molar-refractivity contribution in [1.82, 2.24) is 9.80 Å². The highest BCUT2D eigenvalue weighted by Crippen LogP contribution is 2.23. The number of hydrogen-bond acceptors (Lipinski definition) is 5. The van der Waals surface area contributed by atoms with Gasteiger partial charge in [0.05, 0.1) is 23.8 Å². The molecule has 6 heteroatoms. The van der Waals surface area contributed by atoms with Crippen molar-refractivity contribution in [3.8, 4) is 0 Å². The van der Waals surface area contributed by atoms with Crippen molar-refractivity contribution in [1.29, 1.82) is 0 Å². The Hall–Kier alpha value is -2.70. The number of carbonyl (C=O) groups is 2. The van der Waals surface area contributed by atoms with Gasteiger partial charge in [0.2, 0.25) is 0 Å². The van der Waals surface area contributed by atoms with Crippen LogP contribution < -0.4 is 4.90 Å². The summed E-state index contributed by atoms with van der Waals surface area (Å²) in [6.45, 7) is 6.07. The van der Waals surface area contributed by atoms with E-state index in [-0.39, 0.29) is 18.4 Å². The third kappa shape index (κ3) is 3.53. The van der Waals surface area contributed by atoms with Crippen molar-refractivity contribution in [3.63, 3.8) is 0 Å². The summed E-state index contributed by atoms with van der Waals surface area (Å²) in [4.78, 5) is 30.6. The molecular formula is C22H25N3O3. The smallest absolute Gasteiger partial charge is 0.261 e. The number of aryl methyl sites for hydroxylation is 1. The van der Waals surface area contributed by atoms with Crippen LogP contribution in [0.1, 0.15) is 26.3 Å². The number of hydrogen-bond donors (Lipinski definition) is 1. The second-order valence-corrected chi connectivity index (χ2v) is 7.49. The minimum Gasteiger partial charge on any atom is -0.390 e. The summed E-state index contributed by atoms with van der Waals surface area (Å²) in [6.07, 6.45) is -0.757. The molecule has 1 saturated heterocycles. The zero-order valence-corrected chi connectivity index (χ0v) is 16.0. The summed E-state index contributed by atoms with van der Waals surface area (Å²) in [6, 6.07) is 15.2. The van der Waals surface area contributed by atoms with Gasteiger partial charge in [-0.05, 0) is 30.7 Å². The number of piperazine rings is 1. The highest BCUT2D eigenvalue weighted by molar-refractivity contribution is 6.21. The van der Waals surface area contributed by atoms with Gasteiger partial charge in [-0.25, -0.2) is 0 Å². The molecule has 2 amide bonds. The highest BCUT2D eigenvalue weighted by atomic mass is 16.3. The maximum absolute atomic E-state index is 12.4. The molecule has 2 aliphatic heterocycles. The second kappa shape index (κ2) is 7.73. The van der Waals surface area contributed by atoms with Gasteiger partial charge in [-0.2, -0.15) is 0 Å². The highest BCUT2D eigenvalue weighted by Gasteiger charge is 2.36. The summed E-state index contributed by atoms with van der Waals surface area (Å²) < 4.78 is 0.